The number of hydrogen-bond donors (Lipinski definition) is 1. The Hall–Kier alpha value is -0.370. The minimum Gasteiger partial charge on any atom is -0.393 e. The maximum atomic E-state index is 11.4. The fraction of sp³-hybridized carbons (Fsp3) is 0.947. The van der Waals surface area contributed by atoms with Crippen molar-refractivity contribution >= 4 is 6.29 Å². The van der Waals surface area contributed by atoms with E-state index >= 15 is 0 Å². The van der Waals surface area contributed by atoms with E-state index in [1.54, 1.807) is 0 Å². The van der Waals surface area contributed by atoms with E-state index in [9.17, 15) is 9.90 Å². The molecule has 2 heteroatoms. The number of rotatable bonds is 9. The predicted octanol–water partition coefficient (Wildman–Crippen LogP) is 4.99. The first-order valence-electron chi connectivity index (χ1n) is 9.00. The van der Waals surface area contributed by atoms with Gasteiger partial charge in [-0.05, 0) is 55.8 Å². The van der Waals surface area contributed by atoms with Crippen LogP contribution in [0.5, 0.6) is 0 Å². The maximum Gasteiger partial charge on any atom is 0.123 e. The van der Waals surface area contributed by atoms with Crippen LogP contribution in [0.2, 0.25) is 0 Å². The van der Waals surface area contributed by atoms with Gasteiger partial charge in [-0.3, -0.25) is 0 Å². The van der Waals surface area contributed by atoms with Crippen molar-refractivity contribution in [3.05, 3.63) is 0 Å². The fourth-order valence-corrected chi connectivity index (χ4v) is 3.56. The first-order chi connectivity index (χ1) is 9.86. The molecule has 1 fully saturated rings. The largest absolute Gasteiger partial charge is 0.393 e. The topological polar surface area (TPSA) is 37.3 Å². The lowest BCUT2D eigenvalue weighted by atomic mass is 9.73. The Bertz CT molecular complexity index is 290. The lowest BCUT2D eigenvalue weighted by Gasteiger charge is -2.34. The van der Waals surface area contributed by atoms with Gasteiger partial charge in [-0.1, -0.05) is 47.0 Å². The van der Waals surface area contributed by atoms with E-state index in [-0.39, 0.29) is 17.4 Å². The summed E-state index contributed by atoms with van der Waals surface area (Å²) in [7, 11) is 0. The second-order valence-electron chi connectivity index (χ2n) is 8.21. The Morgan fingerprint density at radius 1 is 1.10 bits per heavy atom. The zero-order chi connectivity index (χ0) is 15.9. The monoisotopic (exact) mass is 296 g/mol. The standard InChI is InChI=1S/C19H36O2/c1-15(2)10-11-18(21)19(3,4)13-12-17(14-20)16-8-6-5-7-9-16/h14-18,21H,5-13H2,1-4H3. The zero-order valence-corrected chi connectivity index (χ0v) is 14.6. The highest BCUT2D eigenvalue weighted by atomic mass is 16.3. The van der Waals surface area contributed by atoms with Crippen LogP contribution in [0.15, 0.2) is 0 Å². The van der Waals surface area contributed by atoms with Crippen molar-refractivity contribution < 1.29 is 9.90 Å². The molecule has 1 rings (SSSR count). The molecule has 0 aromatic carbocycles. The summed E-state index contributed by atoms with van der Waals surface area (Å²) in [4.78, 5) is 11.4. The maximum absolute atomic E-state index is 11.4. The molecule has 2 atom stereocenters. The van der Waals surface area contributed by atoms with Crippen LogP contribution in [0, 0.1) is 23.2 Å². The van der Waals surface area contributed by atoms with Crippen LogP contribution >= 0.6 is 0 Å². The molecule has 0 aromatic rings. The van der Waals surface area contributed by atoms with Crippen molar-refractivity contribution in [2.24, 2.45) is 23.2 Å². The molecular weight excluding hydrogens is 260 g/mol. The highest BCUT2D eigenvalue weighted by Gasteiger charge is 2.30. The zero-order valence-electron chi connectivity index (χ0n) is 14.6. The molecule has 1 saturated carbocycles. The highest BCUT2D eigenvalue weighted by molar-refractivity contribution is 5.54. The smallest absolute Gasteiger partial charge is 0.123 e. The Balaban J connectivity index is 2.43. The first-order valence-corrected chi connectivity index (χ1v) is 9.00. The van der Waals surface area contributed by atoms with E-state index in [2.05, 4.69) is 27.7 Å². The van der Waals surface area contributed by atoms with Crippen LogP contribution in [-0.2, 0) is 4.79 Å². The summed E-state index contributed by atoms with van der Waals surface area (Å²) in [5, 5.41) is 10.4. The van der Waals surface area contributed by atoms with Gasteiger partial charge >= 0.3 is 0 Å². The molecule has 0 radical (unpaired) electrons. The Morgan fingerprint density at radius 3 is 2.24 bits per heavy atom. The first kappa shape index (κ1) is 18.7. The highest BCUT2D eigenvalue weighted by Crippen LogP contribution is 2.36. The molecule has 0 aliphatic heterocycles. The van der Waals surface area contributed by atoms with Gasteiger partial charge in [-0.15, -0.1) is 0 Å². The third-order valence-corrected chi connectivity index (χ3v) is 5.47. The average molecular weight is 296 g/mol. The number of carbonyl (C=O) groups excluding carboxylic acids is 1. The molecule has 1 N–H and O–H groups in total. The molecule has 0 bridgehead atoms. The molecule has 21 heavy (non-hydrogen) atoms. The van der Waals surface area contributed by atoms with Gasteiger partial charge in [-0.2, -0.15) is 0 Å². The quantitative estimate of drug-likeness (QED) is 0.609. The molecule has 0 aromatic heterocycles. The van der Waals surface area contributed by atoms with Crippen LogP contribution in [0.4, 0.5) is 0 Å². The van der Waals surface area contributed by atoms with Gasteiger partial charge in [0, 0.05) is 5.92 Å². The van der Waals surface area contributed by atoms with Crippen LogP contribution in [-0.4, -0.2) is 17.5 Å². The summed E-state index contributed by atoms with van der Waals surface area (Å²) in [6.45, 7) is 8.71. The van der Waals surface area contributed by atoms with Gasteiger partial charge in [0.1, 0.15) is 6.29 Å². The Morgan fingerprint density at radius 2 is 1.71 bits per heavy atom. The summed E-state index contributed by atoms with van der Waals surface area (Å²) in [6, 6.07) is 0. The minimum absolute atomic E-state index is 0.0786. The summed E-state index contributed by atoms with van der Waals surface area (Å²) >= 11 is 0. The molecule has 2 nitrogen and oxygen atoms in total. The number of aliphatic hydroxyl groups excluding tert-OH is 1. The van der Waals surface area contributed by atoms with Gasteiger partial charge in [0.25, 0.3) is 0 Å². The average Bonchev–Trinajstić information content (AvgIpc) is 2.46. The van der Waals surface area contributed by atoms with Crippen LogP contribution < -0.4 is 0 Å². The fourth-order valence-electron chi connectivity index (χ4n) is 3.56. The van der Waals surface area contributed by atoms with E-state index in [0.717, 1.165) is 25.7 Å². The normalized spacial score (nSPS) is 20.5. The summed E-state index contributed by atoms with van der Waals surface area (Å²) in [5.74, 6) is 1.45. The lowest BCUT2D eigenvalue weighted by Crippen LogP contribution is -2.31. The summed E-state index contributed by atoms with van der Waals surface area (Å²) < 4.78 is 0. The van der Waals surface area contributed by atoms with Crippen LogP contribution in [0.25, 0.3) is 0 Å². The number of aliphatic hydroxyl groups is 1. The minimum atomic E-state index is -0.251. The molecule has 0 heterocycles. The van der Waals surface area contributed by atoms with E-state index in [1.165, 1.54) is 38.4 Å². The van der Waals surface area contributed by atoms with Gasteiger partial charge < -0.3 is 9.90 Å². The molecule has 2 unspecified atom stereocenters. The van der Waals surface area contributed by atoms with Gasteiger partial charge in [0.2, 0.25) is 0 Å². The molecule has 0 spiro atoms. The molecule has 1 aliphatic rings. The lowest BCUT2D eigenvalue weighted by molar-refractivity contribution is -0.113. The van der Waals surface area contributed by atoms with Crippen molar-refractivity contribution in [1.82, 2.24) is 0 Å². The summed E-state index contributed by atoms with van der Waals surface area (Å²) in [5.41, 5.74) is -0.0786. The molecule has 1 aliphatic carbocycles. The van der Waals surface area contributed by atoms with Gasteiger partial charge in [-0.25, -0.2) is 0 Å². The second kappa shape index (κ2) is 8.92. The molecule has 0 amide bonds. The predicted molar refractivity (Wildman–Crippen MR) is 89.2 cm³/mol. The Labute approximate surface area is 131 Å². The van der Waals surface area contributed by atoms with Gasteiger partial charge in [0.05, 0.1) is 6.10 Å². The van der Waals surface area contributed by atoms with E-state index in [1.807, 2.05) is 0 Å². The number of hydrogen-bond acceptors (Lipinski definition) is 2. The van der Waals surface area contributed by atoms with Crippen molar-refractivity contribution in [2.45, 2.75) is 91.6 Å². The van der Waals surface area contributed by atoms with Crippen molar-refractivity contribution in [1.29, 1.82) is 0 Å². The third kappa shape index (κ3) is 6.50. The molecular formula is C19H36O2. The van der Waals surface area contributed by atoms with Crippen molar-refractivity contribution in [3.63, 3.8) is 0 Å². The van der Waals surface area contributed by atoms with Gasteiger partial charge in [0.15, 0.2) is 0 Å². The number of aldehydes is 1. The Kier molecular flexibility index (Phi) is 7.94. The van der Waals surface area contributed by atoms with E-state index < -0.39 is 0 Å². The van der Waals surface area contributed by atoms with E-state index in [4.69, 9.17) is 0 Å². The summed E-state index contributed by atoms with van der Waals surface area (Å²) in [6.07, 6.45) is 11.1. The molecule has 124 valence electrons. The van der Waals surface area contributed by atoms with Crippen LogP contribution in [0.1, 0.15) is 85.5 Å². The van der Waals surface area contributed by atoms with Crippen LogP contribution in [0.3, 0.4) is 0 Å². The van der Waals surface area contributed by atoms with E-state index in [0.29, 0.717) is 11.8 Å². The third-order valence-electron chi connectivity index (χ3n) is 5.47. The SMILES string of the molecule is CC(C)CCC(O)C(C)(C)CCC(C=O)C1CCCCC1. The molecule has 0 saturated heterocycles. The van der Waals surface area contributed by atoms with Crippen molar-refractivity contribution in [2.75, 3.05) is 0 Å². The second-order valence-corrected chi connectivity index (χ2v) is 8.21. The van der Waals surface area contributed by atoms with Crippen molar-refractivity contribution in [3.8, 4) is 0 Å². The number of carbonyl (C=O) groups is 1.